The highest BCUT2D eigenvalue weighted by molar-refractivity contribution is 7.93. The van der Waals surface area contributed by atoms with Crippen LogP contribution in [0.2, 0.25) is 0 Å². The van der Waals surface area contributed by atoms with Crippen LogP contribution < -0.4 is 19.7 Å². The summed E-state index contributed by atoms with van der Waals surface area (Å²) in [6.07, 6.45) is -4.54. The van der Waals surface area contributed by atoms with Crippen molar-refractivity contribution < 1.29 is 40.3 Å². The second kappa shape index (κ2) is 11.0. The molecule has 0 aromatic heterocycles. The molecule has 0 unspecified atom stereocenters. The number of carbonyl (C=O) groups is 2. The molecule has 5 rings (SSSR count). The predicted molar refractivity (Wildman–Crippen MR) is 150 cm³/mol. The van der Waals surface area contributed by atoms with Gasteiger partial charge in [0, 0.05) is 12.2 Å². The summed E-state index contributed by atoms with van der Waals surface area (Å²) in [5.74, 6) is -2.95. The number of anilines is 3. The van der Waals surface area contributed by atoms with E-state index in [4.69, 9.17) is 4.74 Å². The maximum atomic E-state index is 13.8. The van der Waals surface area contributed by atoms with E-state index in [0.29, 0.717) is 29.3 Å². The van der Waals surface area contributed by atoms with Crippen LogP contribution in [0.3, 0.4) is 0 Å². The molecule has 1 aliphatic heterocycles. The number of methoxy groups -OCH3 is 1. The topological polar surface area (TPSA) is 105 Å². The second-order valence-corrected chi connectivity index (χ2v) is 11.5. The first-order valence-electron chi connectivity index (χ1n) is 12.6. The Morgan fingerprint density at radius 2 is 1.57 bits per heavy atom. The summed E-state index contributed by atoms with van der Waals surface area (Å²) in [7, 11) is -2.20. The van der Waals surface area contributed by atoms with Gasteiger partial charge in [0.1, 0.15) is 11.6 Å². The maximum Gasteiger partial charge on any atom is 0.419 e. The number of halogens is 4. The van der Waals surface area contributed by atoms with E-state index < -0.39 is 39.4 Å². The van der Waals surface area contributed by atoms with Crippen molar-refractivity contribution in [2.75, 3.05) is 34.3 Å². The van der Waals surface area contributed by atoms with Crippen molar-refractivity contribution in [2.45, 2.75) is 12.6 Å². The number of ether oxygens (including phenoxy) is 1. The van der Waals surface area contributed by atoms with Crippen LogP contribution in [0.25, 0.3) is 10.8 Å². The Balaban J connectivity index is 1.52. The monoisotopic (exact) mass is 601 g/mol. The highest BCUT2D eigenvalue weighted by atomic mass is 32.2. The molecule has 2 N–H and O–H groups in total. The number of hydrogen-bond donors (Lipinski definition) is 2. The molecular weight excluding hydrogens is 578 g/mol. The molecule has 13 heteroatoms. The Morgan fingerprint density at radius 1 is 0.881 bits per heavy atom. The van der Waals surface area contributed by atoms with Crippen molar-refractivity contribution in [1.82, 2.24) is 0 Å². The van der Waals surface area contributed by atoms with E-state index in [2.05, 4.69) is 10.6 Å². The fraction of sp³-hybridized carbons (Fsp3) is 0.172. The molecule has 0 bridgehead atoms. The van der Waals surface area contributed by atoms with Gasteiger partial charge in [0.25, 0.3) is 11.8 Å². The van der Waals surface area contributed by atoms with Gasteiger partial charge in [0.2, 0.25) is 10.0 Å². The zero-order valence-electron chi connectivity index (χ0n) is 22.0. The molecule has 1 fully saturated rings. The number of nitrogens with one attached hydrogen (secondary N) is 2. The number of nitrogens with zero attached hydrogens (tertiary/aromatic N) is 1. The van der Waals surface area contributed by atoms with E-state index in [1.807, 2.05) is 0 Å². The van der Waals surface area contributed by atoms with E-state index in [1.165, 1.54) is 41.7 Å². The molecule has 2 amide bonds. The first-order valence-corrected chi connectivity index (χ1v) is 14.2. The number of benzene rings is 4. The summed E-state index contributed by atoms with van der Waals surface area (Å²) in [6, 6.07) is 16.3. The molecule has 1 saturated heterocycles. The lowest BCUT2D eigenvalue weighted by atomic mass is 10.0. The molecule has 0 atom stereocenters. The van der Waals surface area contributed by atoms with E-state index in [-0.39, 0.29) is 46.2 Å². The lowest BCUT2D eigenvalue weighted by Gasteiger charge is -2.19. The first-order chi connectivity index (χ1) is 19.9. The van der Waals surface area contributed by atoms with E-state index in [9.17, 15) is 35.6 Å². The summed E-state index contributed by atoms with van der Waals surface area (Å²) < 4.78 is 84.8. The molecule has 1 heterocycles. The van der Waals surface area contributed by atoms with Crippen LogP contribution in [-0.2, 0) is 16.2 Å². The van der Waals surface area contributed by atoms with Crippen LogP contribution >= 0.6 is 0 Å². The van der Waals surface area contributed by atoms with E-state index in [0.717, 1.165) is 6.07 Å². The van der Waals surface area contributed by atoms with Gasteiger partial charge in [0.05, 0.1) is 40.9 Å². The fourth-order valence-corrected chi connectivity index (χ4v) is 6.25. The Labute approximate surface area is 237 Å². The first kappa shape index (κ1) is 28.9. The Kier molecular flexibility index (Phi) is 7.54. The van der Waals surface area contributed by atoms with Gasteiger partial charge in [-0.1, -0.05) is 24.3 Å². The largest absolute Gasteiger partial charge is 0.496 e. The summed E-state index contributed by atoms with van der Waals surface area (Å²) in [5.41, 5.74) is -1.65. The molecule has 1 aliphatic rings. The smallest absolute Gasteiger partial charge is 0.419 e. The van der Waals surface area contributed by atoms with Crippen LogP contribution in [0, 0.1) is 5.82 Å². The average molecular weight is 602 g/mol. The number of fused-ring (bicyclic) bond motifs is 1. The number of carbonyl (C=O) groups excluding carboxylic acids is 2. The normalized spacial score (nSPS) is 14.5. The predicted octanol–water partition coefficient (Wildman–Crippen LogP) is 6.05. The molecule has 0 aliphatic carbocycles. The highest BCUT2D eigenvalue weighted by Crippen LogP contribution is 2.34. The number of alkyl halides is 3. The van der Waals surface area contributed by atoms with Gasteiger partial charge < -0.3 is 15.4 Å². The van der Waals surface area contributed by atoms with E-state index >= 15 is 0 Å². The third-order valence-corrected chi connectivity index (χ3v) is 8.59. The molecule has 42 heavy (non-hydrogen) atoms. The molecule has 4 aromatic carbocycles. The summed E-state index contributed by atoms with van der Waals surface area (Å²) >= 11 is 0. The Morgan fingerprint density at radius 3 is 2.21 bits per heavy atom. The Hall–Kier alpha value is -4.65. The number of amides is 2. The van der Waals surface area contributed by atoms with Gasteiger partial charge >= 0.3 is 6.18 Å². The zero-order valence-corrected chi connectivity index (χ0v) is 22.8. The van der Waals surface area contributed by atoms with Crippen molar-refractivity contribution in [3.63, 3.8) is 0 Å². The van der Waals surface area contributed by atoms with Crippen LogP contribution in [0.5, 0.6) is 5.75 Å². The van der Waals surface area contributed by atoms with Crippen LogP contribution in [-0.4, -0.2) is 39.6 Å². The molecule has 218 valence electrons. The molecule has 0 spiro atoms. The van der Waals surface area contributed by atoms with Crippen LogP contribution in [0.4, 0.5) is 34.6 Å². The van der Waals surface area contributed by atoms with Crippen LogP contribution in [0.1, 0.15) is 32.7 Å². The van der Waals surface area contributed by atoms with Crippen molar-refractivity contribution in [3.8, 4) is 5.75 Å². The van der Waals surface area contributed by atoms with Gasteiger partial charge in [0.15, 0.2) is 0 Å². The van der Waals surface area contributed by atoms with Gasteiger partial charge in [-0.15, -0.1) is 0 Å². The minimum atomic E-state index is -4.98. The summed E-state index contributed by atoms with van der Waals surface area (Å²) in [5, 5.41) is 6.25. The second-order valence-electron chi connectivity index (χ2n) is 9.47. The molecule has 8 nitrogen and oxygen atoms in total. The Bertz CT molecular complexity index is 1830. The molecule has 4 aromatic rings. The maximum absolute atomic E-state index is 13.8. The quantitative estimate of drug-likeness (QED) is 0.262. The van der Waals surface area contributed by atoms with Gasteiger partial charge in [-0.2, -0.15) is 13.2 Å². The number of rotatable bonds is 6. The SMILES string of the molecule is COc1ccc(N2CCCS2(=O)=O)cc1C(=O)Nc1cc2ccccc2cc1C(=O)Nc1ccc(F)c(C(F)(F)F)c1. The summed E-state index contributed by atoms with van der Waals surface area (Å²) in [6.45, 7) is 0.254. The van der Waals surface area contributed by atoms with E-state index in [1.54, 1.807) is 24.3 Å². The summed E-state index contributed by atoms with van der Waals surface area (Å²) in [4.78, 5) is 26.9. The lowest BCUT2D eigenvalue weighted by molar-refractivity contribution is -0.139. The highest BCUT2D eigenvalue weighted by Gasteiger charge is 2.34. The molecular formula is C29H23F4N3O5S. The van der Waals surface area contributed by atoms with Crippen molar-refractivity contribution >= 4 is 49.7 Å². The van der Waals surface area contributed by atoms with Crippen LogP contribution in [0.15, 0.2) is 72.8 Å². The van der Waals surface area contributed by atoms with Crippen molar-refractivity contribution in [1.29, 1.82) is 0 Å². The average Bonchev–Trinajstić information content (AvgIpc) is 3.31. The van der Waals surface area contributed by atoms with Crippen molar-refractivity contribution in [3.05, 3.63) is 95.3 Å². The van der Waals surface area contributed by atoms with Gasteiger partial charge in [-0.25, -0.2) is 12.8 Å². The van der Waals surface area contributed by atoms with Gasteiger partial charge in [-0.3, -0.25) is 13.9 Å². The van der Waals surface area contributed by atoms with Gasteiger partial charge in [-0.05, 0) is 65.7 Å². The molecule has 0 radical (unpaired) electrons. The third kappa shape index (κ3) is 5.73. The fourth-order valence-electron chi connectivity index (χ4n) is 4.70. The lowest BCUT2D eigenvalue weighted by Crippen LogP contribution is -2.25. The minimum Gasteiger partial charge on any atom is -0.496 e. The third-order valence-electron chi connectivity index (χ3n) is 6.72. The minimum absolute atomic E-state index is 0.00929. The molecule has 0 saturated carbocycles. The zero-order chi connectivity index (χ0) is 30.2. The standard InChI is InChI=1S/C29H23F4N3O5S/c1-41-26-10-8-20(36-11-4-12-42(36,39)40)16-22(26)28(38)35-25-14-18-6-3-2-5-17(18)13-21(25)27(37)34-19-7-9-24(30)23(15-19)29(31,32)33/h2-3,5-10,13-16H,4,11-12H2,1H3,(H,34,37)(H,35,38). The van der Waals surface area contributed by atoms with Crippen molar-refractivity contribution in [2.24, 2.45) is 0 Å². The number of hydrogen-bond acceptors (Lipinski definition) is 5. The number of sulfonamides is 1.